The third-order valence-electron chi connectivity index (χ3n) is 4.17. The van der Waals surface area contributed by atoms with Crippen LogP contribution in [0.15, 0.2) is 0 Å². The summed E-state index contributed by atoms with van der Waals surface area (Å²) in [6.07, 6.45) is 1.52. The Bertz CT molecular complexity index is 314. The summed E-state index contributed by atoms with van der Waals surface area (Å²) in [5.41, 5.74) is -0.769. The first-order valence-corrected chi connectivity index (χ1v) is 5.90. The van der Waals surface area contributed by atoms with Crippen LogP contribution in [-0.2, 0) is 14.3 Å². The zero-order valence-corrected chi connectivity index (χ0v) is 9.89. The van der Waals surface area contributed by atoms with Crippen LogP contribution in [0.1, 0.15) is 26.7 Å². The molecule has 1 aliphatic heterocycles. The molecule has 1 saturated heterocycles. The highest BCUT2D eigenvalue weighted by atomic mass is 79.9. The van der Waals surface area contributed by atoms with Gasteiger partial charge in [0.2, 0.25) is 0 Å². The normalized spacial score (nSPS) is 46.6. The average Bonchev–Trinajstić information content (AvgIpc) is 2.34. The van der Waals surface area contributed by atoms with E-state index in [-0.39, 0.29) is 23.3 Å². The van der Waals surface area contributed by atoms with Crippen LogP contribution in [0.3, 0.4) is 0 Å². The number of hydrogen-bond acceptors (Lipinski definition) is 3. The predicted octanol–water partition coefficient (Wildman–Crippen LogP) is 1.89. The van der Waals surface area contributed by atoms with Gasteiger partial charge in [0.05, 0.1) is 11.3 Å². The summed E-state index contributed by atoms with van der Waals surface area (Å²) in [5, 5.41) is 0.669. The Morgan fingerprint density at radius 1 is 1.50 bits per heavy atom. The first kappa shape index (κ1) is 10.1. The van der Waals surface area contributed by atoms with Gasteiger partial charge in [-0.05, 0) is 19.8 Å². The van der Waals surface area contributed by atoms with Crippen molar-refractivity contribution in [3.05, 3.63) is 0 Å². The second-order valence-electron chi connectivity index (χ2n) is 4.68. The standard InChI is InChI=1S/C10H13BrO3/c1-9-4-3-6(10(9,2)5-11)7(12)14-8(9)13/h6H,3-5H2,1-2H3/t6-,9-,10+/m0/s1. The van der Waals surface area contributed by atoms with Gasteiger partial charge in [-0.2, -0.15) is 0 Å². The van der Waals surface area contributed by atoms with E-state index in [1.807, 2.05) is 13.8 Å². The van der Waals surface area contributed by atoms with Gasteiger partial charge in [-0.15, -0.1) is 0 Å². The monoisotopic (exact) mass is 260 g/mol. The van der Waals surface area contributed by atoms with E-state index in [9.17, 15) is 9.59 Å². The van der Waals surface area contributed by atoms with Gasteiger partial charge >= 0.3 is 11.9 Å². The van der Waals surface area contributed by atoms with E-state index in [2.05, 4.69) is 15.9 Å². The molecular formula is C10H13BrO3. The molecule has 14 heavy (non-hydrogen) atoms. The summed E-state index contributed by atoms with van der Waals surface area (Å²) < 4.78 is 4.77. The molecule has 0 aromatic heterocycles. The molecular weight excluding hydrogens is 248 g/mol. The molecule has 0 radical (unpaired) electrons. The maximum absolute atomic E-state index is 11.7. The lowest BCUT2D eigenvalue weighted by Crippen LogP contribution is -2.52. The van der Waals surface area contributed by atoms with Gasteiger partial charge in [0.15, 0.2) is 0 Å². The Kier molecular flexibility index (Phi) is 2.04. The highest BCUT2D eigenvalue weighted by Gasteiger charge is 2.65. The number of ether oxygens (including phenoxy) is 1. The van der Waals surface area contributed by atoms with E-state index in [1.165, 1.54) is 0 Å². The maximum atomic E-state index is 11.7. The number of fused-ring (bicyclic) bond motifs is 2. The lowest BCUT2D eigenvalue weighted by atomic mass is 9.64. The minimum atomic E-state index is -0.491. The van der Waals surface area contributed by atoms with Gasteiger partial charge in [-0.3, -0.25) is 9.59 Å². The van der Waals surface area contributed by atoms with Crippen LogP contribution < -0.4 is 0 Å². The Labute approximate surface area is 91.3 Å². The molecule has 2 bridgehead atoms. The summed E-state index contributed by atoms with van der Waals surface area (Å²) >= 11 is 3.42. The molecule has 0 unspecified atom stereocenters. The SMILES string of the molecule is C[C@]12CC[C@@H](C(=O)OC1=O)[C@@]2(C)CBr. The van der Waals surface area contributed by atoms with Gasteiger partial charge in [0, 0.05) is 10.7 Å². The van der Waals surface area contributed by atoms with Gasteiger partial charge in [-0.25, -0.2) is 0 Å². The van der Waals surface area contributed by atoms with E-state index >= 15 is 0 Å². The lowest BCUT2D eigenvalue weighted by Gasteiger charge is -2.43. The van der Waals surface area contributed by atoms with Crippen LogP contribution in [0.25, 0.3) is 0 Å². The number of carbonyl (C=O) groups is 2. The fraction of sp³-hybridized carbons (Fsp3) is 0.800. The van der Waals surface area contributed by atoms with Gasteiger partial charge in [0.25, 0.3) is 0 Å². The highest BCUT2D eigenvalue weighted by Crippen LogP contribution is 2.60. The summed E-state index contributed by atoms with van der Waals surface area (Å²) in [6.45, 7) is 3.90. The predicted molar refractivity (Wildman–Crippen MR) is 53.8 cm³/mol. The van der Waals surface area contributed by atoms with Gasteiger partial charge in [0.1, 0.15) is 0 Å². The molecule has 0 aromatic rings. The third kappa shape index (κ3) is 0.926. The molecule has 0 N–H and O–H groups in total. The van der Waals surface area contributed by atoms with Crippen molar-refractivity contribution in [1.82, 2.24) is 0 Å². The summed E-state index contributed by atoms with van der Waals surface area (Å²) in [6, 6.07) is 0. The first-order valence-electron chi connectivity index (χ1n) is 4.78. The molecule has 1 saturated carbocycles. The molecule has 1 heterocycles. The summed E-state index contributed by atoms with van der Waals surface area (Å²) in [7, 11) is 0. The lowest BCUT2D eigenvalue weighted by molar-refractivity contribution is -0.184. The van der Waals surface area contributed by atoms with Crippen molar-refractivity contribution in [3.63, 3.8) is 0 Å². The Balaban J connectivity index is 2.51. The fourth-order valence-electron chi connectivity index (χ4n) is 2.65. The number of cyclic esters (lactones) is 2. The highest BCUT2D eigenvalue weighted by molar-refractivity contribution is 9.09. The Morgan fingerprint density at radius 3 is 2.71 bits per heavy atom. The van der Waals surface area contributed by atoms with Crippen LogP contribution in [0.4, 0.5) is 0 Å². The van der Waals surface area contributed by atoms with Crippen molar-refractivity contribution < 1.29 is 14.3 Å². The molecule has 2 fully saturated rings. The molecule has 3 atom stereocenters. The quantitative estimate of drug-likeness (QED) is 0.411. The smallest absolute Gasteiger partial charge is 0.320 e. The maximum Gasteiger partial charge on any atom is 0.320 e. The van der Waals surface area contributed by atoms with Crippen LogP contribution in [0.5, 0.6) is 0 Å². The average molecular weight is 261 g/mol. The second kappa shape index (κ2) is 2.81. The number of alkyl halides is 1. The van der Waals surface area contributed by atoms with Crippen LogP contribution >= 0.6 is 15.9 Å². The van der Waals surface area contributed by atoms with E-state index in [0.29, 0.717) is 5.33 Å². The zero-order valence-electron chi connectivity index (χ0n) is 8.30. The van der Waals surface area contributed by atoms with E-state index in [1.54, 1.807) is 0 Å². The van der Waals surface area contributed by atoms with E-state index in [4.69, 9.17) is 4.74 Å². The van der Waals surface area contributed by atoms with Crippen molar-refractivity contribution in [3.8, 4) is 0 Å². The second-order valence-corrected chi connectivity index (χ2v) is 5.24. The molecule has 0 spiro atoms. The van der Waals surface area contributed by atoms with Crippen LogP contribution in [-0.4, -0.2) is 17.3 Å². The number of esters is 2. The van der Waals surface area contributed by atoms with E-state index < -0.39 is 5.41 Å². The Hall–Kier alpha value is -0.380. The fourth-order valence-corrected chi connectivity index (χ4v) is 3.66. The molecule has 2 rings (SSSR count). The van der Waals surface area contributed by atoms with E-state index in [0.717, 1.165) is 12.8 Å². The van der Waals surface area contributed by atoms with Gasteiger partial charge < -0.3 is 4.74 Å². The molecule has 3 nitrogen and oxygen atoms in total. The summed E-state index contributed by atoms with van der Waals surface area (Å²) in [4.78, 5) is 23.2. The van der Waals surface area contributed by atoms with Crippen LogP contribution in [0.2, 0.25) is 0 Å². The first-order chi connectivity index (χ1) is 6.45. The number of hydrogen-bond donors (Lipinski definition) is 0. The molecule has 78 valence electrons. The van der Waals surface area contributed by atoms with Crippen LogP contribution in [0, 0.1) is 16.7 Å². The molecule has 2 aliphatic rings. The molecule has 0 aromatic carbocycles. The zero-order chi connectivity index (χ0) is 10.6. The topological polar surface area (TPSA) is 43.4 Å². The summed E-state index contributed by atoms with van der Waals surface area (Å²) in [5.74, 6) is -0.810. The van der Waals surface area contributed by atoms with Crippen molar-refractivity contribution in [2.24, 2.45) is 16.7 Å². The van der Waals surface area contributed by atoms with Gasteiger partial charge in [-0.1, -0.05) is 22.9 Å². The van der Waals surface area contributed by atoms with Crippen molar-refractivity contribution in [2.75, 3.05) is 5.33 Å². The third-order valence-corrected chi connectivity index (χ3v) is 5.33. The molecule has 0 amide bonds. The number of carbonyl (C=O) groups excluding carboxylic acids is 2. The molecule has 4 heteroatoms. The van der Waals surface area contributed by atoms with Crippen molar-refractivity contribution >= 4 is 27.9 Å². The number of rotatable bonds is 1. The minimum absolute atomic E-state index is 0.121. The van der Waals surface area contributed by atoms with Crippen molar-refractivity contribution in [1.29, 1.82) is 0 Å². The largest absolute Gasteiger partial charge is 0.392 e. The Morgan fingerprint density at radius 2 is 2.14 bits per heavy atom. The van der Waals surface area contributed by atoms with Crippen molar-refractivity contribution in [2.45, 2.75) is 26.7 Å². The minimum Gasteiger partial charge on any atom is -0.392 e. The molecule has 1 aliphatic carbocycles. The number of halogens is 1.